The van der Waals surface area contributed by atoms with Gasteiger partial charge in [0.15, 0.2) is 79.1 Å². The van der Waals surface area contributed by atoms with E-state index in [9.17, 15) is 0 Å². The molecule has 0 aromatic heterocycles. The van der Waals surface area contributed by atoms with E-state index in [4.69, 9.17) is 49.6 Å². The molecule has 0 N–H and O–H groups in total. The average Bonchev–Trinajstić information content (AvgIpc) is 2.88. The molecule has 55 heavy (non-hydrogen) atoms. The second kappa shape index (κ2) is 19.1. The summed E-state index contributed by atoms with van der Waals surface area (Å²) < 4.78 is 77.4. The van der Waals surface area contributed by atoms with Crippen LogP contribution in [0.15, 0.2) is 0 Å². The van der Waals surface area contributed by atoms with Gasteiger partial charge in [-0.1, -0.05) is 0 Å². The molecule has 2 aliphatic rings. The Bertz CT molecular complexity index is 1180. The van der Waals surface area contributed by atoms with E-state index in [1.165, 1.54) is 0 Å². The van der Waals surface area contributed by atoms with Crippen molar-refractivity contribution in [1.82, 2.24) is 0 Å². The quantitative estimate of drug-likeness (QED) is 0.109. The summed E-state index contributed by atoms with van der Waals surface area (Å²) in [5.41, 5.74) is 0. The van der Waals surface area contributed by atoms with Gasteiger partial charge in [0.1, 0.15) is 48.8 Å². The van der Waals surface area contributed by atoms with Gasteiger partial charge < -0.3 is 49.6 Å². The Kier molecular flexibility index (Phi) is 18.2. The van der Waals surface area contributed by atoms with Crippen LogP contribution in [0.5, 0.6) is 0 Å². The minimum absolute atomic E-state index is 0.321. The molecular weight excluding hydrogens is 833 g/mol. The molecule has 2 saturated heterocycles. The molecule has 0 bridgehead atoms. The maximum Gasteiger partial charge on any atom is 0.187 e. The van der Waals surface area contributed by atoms with Crippen LogP contribution in [0.1, 0.15) is 0 Å². The number of ether oxygens (including phenoxy) is 3. The van der Waals surface area contributed by atoms with Crippen molar-refractivity contribution >= 4 is 66.5 Å². The minimum atomic E-state index is -2.23. The average molecular weight is 920 g/mol. The first-order chi connectivity index (χ1) is 24.2. The summed E-state index contributed by atoms with van der Waals surface area (Å²) >= 11 is 0. The van der Waals surface area contributed by atoms with Crippen molar-refractivity contribution in [2.75, 3.05) is 13.2 Å². The maximum atomic E-state index is 7.46. The molecule has 0 amide bonds. The molecule has 0 spiro atoms. The highest BCUT2D eigenvalue weighted by Gasteiger charge is 2.57. The zero-order valence-electron chi connectivity index (χ0n) is 39.7. The minimum Gasteiger partial charge on any atom is -0.415 e. The van der Waals surface area contributed by atoms with Gasteiger partial charge in [0.05, 0.1) is 13.2 Å². The largest absolute Gasteiger partial charge is 0.415 e. The van der Waals surface area contributed by atoms with E-state index in [2.05, 4.69) is 157 Å². The van der Waals surface area contributed by atoms with Gasteiger partial charge in [0.2, 0.25) is 0 Å². The summed E-state index contributed by atoms with van der Waals surface area (Å²) in [5.74, 6) is 0. The first-order valence-corrected chi connectivity index (χ1v) is 47.8. The van der Waals surface area contributed by atoms with Gasteiger partial charge >= 0.3 is 0 Å². The number of hydrogen-bond donors (Lipinski definition) is 0. The second-order valence-electron chi connectivity index (χ2n) is 23.2. The van der Waals surface area contributed by atoms with E-state index in [0.29, 0.717) is 13.2 Å². The fourth-order valence-electron chi connectivity index (χ4n) is 6.26. The van der Waals surface area contributed by atoms with Crippen LogP contribution in [0.4, 0.5) is 0 Å². The molecule has 0 radical (unpaired) electrons. The summed E-state index contributed by atoms with van der Waals surface area (Å²) in [6, 6.07) is 0. The third-order valence-electron chi connectivity index (χ3n) is 7.75. The predicted octanol–water partition coefficient (Wildman–Crippen LogP) is 9.48. The number of hydrogen-bond acceptors (Lipinski definition) is 11. The lowest BCUT2D eigenvalue weighted by atomic mass is 9.97. The molecule has 1 unspecified atom stereocenters. The van der Waals surface area contributed by atoms with Gasteiger partial charge in [-0.25, -0.2) is 0 Å². The van der Waals surface area contributed by atoms with Crippen molar-refractivity contribution in [3.05, 3.63) is 0 Å². The molecule has 0 saturated carbocycles. The molecule has 0 aromatic rings. The van der Waals surface area contributed by atoms with Crippen LogP contribution in [0, 0.1) is 0 Å². The molecule has 0 aliphatic carbocycles. The molecule has 2 heterocycles. The molecule has 2 aliphatic heterocycles. The zero-order chi connectivity index (χ0) is 43.0. The van der Waals surface area contributed by atoms with Crippen LogP contribution in [0.25, 0.3) is 0 Å². The van der Waals surface area contributed by atoms with Crippen LogP contribution in [0.3, 0.4) is 0 Å². The fraction of sp³-hybridized carbons (Fsp3) is 1.00. The van der Waals surface area contributed by atoms with E-state index in [0.717, 1.165) is 0 Å². The standard InChI is InChI=1S/C36H86O11Si8/c1-48(2,3)37-25-27-29(31(43-51(10,11)12)34(46-54(19,20)21)36(40-27)47-55(22,23)24)41-35-33(45-53(16,17)18)32(44-52(13,14)15)30(42-50(7,8)9)28(39-35)26-38-49(4,5)6/h27-36H,25-26H2,1-24H3/t27-,28-,29-,30-,31+,32+,33-,34-,35-,36?/m1/s1. The Morgan fingerprint density at radius 3 is 0.909 bits per heavy atom. The van der Waals surface area contributed by atoms with Crippen LogP contribution < -0.4 is 0 Å². The van der Waals surface area contributed by atoms with Gasteiger partial charge in [-0.2, -0.15) is 0 Å². The van der Waals surface area contributed by atoms with Gasteiger partial charge in [0, 0.05) is 0 Å². The van der Waals surface area contributed by atoms with Crippen LogP contribution in [-0.4, -0.2) is 141 Å². The summed E-state index contributed by atoms with van der Waals surface area (Å²) in [7, 11) is -17.0. The Morgan fingerprint density at radius 1 is 0.291 bits per heavy atom. The highest BCUT2D eigenvalue weighted by atomic mass is 28.4. The molecule has 2 fully saturated rings. The smallest absolute Gasteiger partial charge is 0.187 e. The SMILES string of the molecule is C[Si](C)(C)OC[C@H]1O[C@H](O[C@H]2[C@H](O[Si](C)(C)C)[C@@H](O[Si](C)(C)C)C(O[Si](C)(C)C)O[C@@H]2CO[Si](C)(C)C)[C@H](O[Si](C)(C)C)[C@@H](O[Si](C)(C)C)[C@@H]1O[Si](C)(C)C. The summed E-state index contributed by atoms with van der Waals surface area (Å²) in [4.78, 5) is 0. The van der Waals surface area contributed by atoms with Crippen LogP contribution in [0.2, 0.25) is 157 Å². The first-order valence-electron chi connectivity index (χ1n) is 20.5. The zero-order valence-corrected chi connectivity index (χ0v) is 47.7. The summed E-state index contributed by atoms with van der Waals surface area (Å²) in [5, 5.41) is 0. The molecule has 328 valence electrons. The van der Waals surface area contributed by atoms with Gasteiger partial charge in [-0.15, -0.1) is 0 Å². The molecular formula is C36H86O11Si8. The van der Waals surface area contributed by atoms with E-state index < -0.39 is 128 Å². The Morgan fingerprint density at radius 2 is 0.564 bits per heavy atom. The van der Waals surface area contributed by atoms with Crippen molar-refractivity contribution in [1.29, 1.82) is 0 Å². The molecule has 11 nitrogen and oxygen atoms in total. The van der Waals surface area contributed by atoms with E-state index >= 15 is 0 Å². The predicted molar refractivity (Wildman–Crippen MR) is 246 cm³/mol. The van der Waals surface area contributed by atoms with Gasteiger partial charge in [-0.05, 0) is 157 Å². The second-order valence-corrected chi connectivity index (χ2v) is 59.0. The van der Waals surface area contributed by atoms with Crippen molar-refractivity contribution in [2.24, 2.45) is 0 Å². The van der Waals surface area contributed by atoms with E-state index in [1.54, 1.807) is 0 Å². The van der Waals surface area contributed by atoms with E-state index in [1.807, 2.05) is 0 Å². The third kappa shape index (κ3) is 20.6. The third-order valence-corrected chi connectivity index (χ3v) is 15.7. The highest BCUT2D eigenvalue weighted by Crippen LogP contribution is 2.39. The van der Waals surface area contributed by atoms with Crippen LogP contribution >= 0.6 is 0 Å². The van der Waals surface area contributed by atoms with Crippen molar-refractivity contribution in [3.63, 3.8) is 0 Å². The molecule has 19 heteroatoms. The highest BCUT2D eigenvalue weighted by molar-refractivity contribution is 6.72. The first kappa shape index (κ1) is 52.4. The lowest BCUT2D eigenvalue weighted by Gasteiger charge is -2.54. The fourth-order valence-corrected chi connectivity index (χ4v) is 13.9. The van der Waals surface area contributed by atoms with Crippen LogP contribution in [-0.2, 0) is 49.6 Å². The van der Waals surface area contributed by atoms with Crippen molar-refractivity contribution in [3.8, 4) is 0 Å². The normalized spacial score (nSPS) is 31.2. The number of rotatable bonds is 20. The lowest BCUT2D eigenvalue weighted by Crippen LogP contribution is -2.70. The Balaban J connectivity index is 2.93. The summed E-state index contributed by atoms with van der Waals surface area (Å²) in [6.45, 7) is 53.5. The van der Waals surface area contributed by atoms with E-state index in [-0.39, 0.29) is 0 Å². The lowest BCUT2D eigenvalue weighted by molar-refractivity contribution is -0.344. The maximum absolute atomic E-state index is 7.46. The van der Waals surface area contributed by atoms with Gasteiger partial charge in [0.25, 0.3) is 0 Å². The van der Waals surface area contributed by atoms with Gasteiger partial charge in [-0.3, -0.25) is 0 Å². The van der Waals surface area contributed by atoms with Crippen molar-refractivity contribution < 1.29 is 49.6 Å². The Hall–Kier alpha value is 1.30. The Labute approximate surface area is 346 Å². The molecule has 10 atom stereocenters. The van der Waals surface area contributed by atoms with Crippen molar-refractivity contribution in [2.45, 2.75) is 219 Å². The summed E-state index contributed by atoms with van der Waals surface area (Å²) in [6.07, 6.45) is -5.61. The molecule has 0 aromatic carbocycles. The topological polar surface area (TPSA) is 102 Å². The molecule has 2 rings (SSSR count). The monoisotopic (exact) mass is 918 g/mol.